The normalized spacial score (nSPS) is 15.6. The van der Waals surface area contributed by atoms with Crippen molar-refractivity contribution < 1.29 is 9.15 Å². The number of piperidine rings is 1. The number of rotatable bonds is 9. The number of para-hydroxylation sites is 1. The van der Waals surface area contributed by atoms with Crippen molar-refractivity contribution in [3.8, 4) is 5.75 Å². The van der Waals surface area contributed by atoms with E-state index in [2.05, 4.69) is 23.1 Å². The highest BCUT2D eigenvalue weighted by Crippen LogP contribution is 2.31. The third-order valence-electron chi connectivity index (χ3n) is 5.69. The largest absolute Gasteiger partial charge is 0.493 e. The van der Waals surface area contributed by atoms with Gasteiger partial charge in [-0.05, 0) is 63.5 Å². The molecule has 0 spiro atoms. The molecule has 144 valence electrons. The van der Waals surface area contributed by atoms with E-state index >= 15 is 0 Å². The van der Waals surface area contributed by atoms with Crippen molar-refractivity contribution in [3.05, 3.63) is 42.5 Å². The van der Waals surface area contributed by atoms with Gasteiger partial charge in [-0.2, -0.15) is 0 Å². The van der Waals surface area contributed by atoms with Gasteiger partial charge < -0.3 is 14.1 Å². The molecule has 3 heteroatoms. The number of hydrogen-bond acceptors (Lipinski definition) is 3. The number of nitrogens with zero attached hydrogens (tertiary/aromatic N) is 1. The van der Waals surface area contributed by atoms with E-state index in [1.165, 1.54) is 70.0 Å². The lowest BCUT2D eigenvalue weighted by Crippen LogP contribution is -2.30. The molecule has 27 heavy (non-hydrogen) atoms. The number of ether oxygens (including phenoxy) is 1. The van der Waals surface area contributed by atoms with E-state index in [0.29, 0.717) is 0 Å². The van der Waals surface area contributed by atoms with Crippen LogP contribution >= 0.6 is 0 Å². The van der Waals surface area contributed by atoms with E-state index in [1.807, 2.05) is 24.3 Å². The summed E-state index contributed by atoms with van der Waals surface area (Å²) in [5.74, 6) is 0.909. The monoisotopic (exact) mass is 365 g/mol. The molecule has 3 nitrogen and oxygen atoms in total. The van der Waals surface area contributed by atoms with Gasteiger partial charge in [0.25, 0.3) is 0 Å². The van der Waals surface area contributed by atoms with Crippen LogP contribution in [-0.4, -0.2) is 31.1 Å². The van der Waals surface area contributed by atoms with Crippen LogP contribution in [0.15, 0.2) is 46.9 Å². The molecule has 0 saturated carbocycles. The number of hydrogen-bond donors (Lipinski definition) is 0. The molecule has 4 rings (SSSR count). The lowest BCUT2D eigenvalue weighted by atomic mass is 10.1. The highest BCUT2D eigenvalue weighted by Gasteiger charge is 2.09. The van der Waals surface area contributed by atoms with Gasteiger partial charge in [0, 0.05) is 16.8 Å². The zero-order chi connectivity index (χ0) is 18.3. The minimum Gasteiger partial charge on any atom is -0.493 e. The summed E-state index contributed by atoms with van der Waals surface area (Å²) >= 11 is 0. The second-order valence-electron chi connectivity index (χ2n) is 7.77. The van der Waals surface area contributed by atoms with E-state index in [9.17, 15) is 0 Å². The van der Waals surface area contributed by atoms with Crippen molar-refractivity contribution >= 4 is 21.9 Å². The van der Waals surface area contributed by atoms with E-state index in [0.717, 1.165) is 35.3 Å². The van der Waals surface area contributed by atoms with Crippen LogP contribution in [-0.2, 0) is 0 Å². The molecule has 1 saturated heterocycles. The maximum atomic E-state index is 5.94. The number of fused-ring (bicyclic) bond motifs is 3. The van der Waals surface area contributed by atoms with Crippen LogP contribution in [0, 0.1) is 0 Å². The average molecular weight is 366 g/mol. The van der Waals surface area contributed by atoms with Crippen LogP contribution in [0.4, 0.5) is 0 Å². The third kappa shape index (κ3) is 4.84. The number of benzene rings is 2. The molecule has 2 aromatic carbocycles. The fourth-order valence-electron chi connectivity index (χ4n) is 4.14. The van der Waals surface area contributed by atoms with Crippen molar-refractivity contribution in [3.63, 3.8) is 0 Å². The van der Waals surface area contributed by atoms with E-state index in [1.54, 1.807) is 0 Å². The SMILES string of the molecule is c1ccc2c(c1)oc1cc(OCCCCCCCN3CCCCC3)ccc12. The Kier molecular flexibility index (Phi) is 6.31. The van der Waals surface area contributed by atoms with Crippen molar-refractivity contribution in [2.45, 2.75) is 51.4 Å². The molecule has 1 aliphatic rings. The average Bonchev–Trinajstić information content (AvgIpc) is 3.08. The summed E-state index contributed by atoms with van der Waals surface area (Å²) < 4.78 is 11.9. The van der Waals surface area contributed by atoms with E-state index in [-0.39, 0.29) is 0 Å². The van der Waals surface area contributed by atoms with Crippen LogP contribution in [0.5, 0.6) is 5.75 Å². The van der Waals surface area contributed by atoms with Gasteiger partial charge in [0.1, 0.15) is 16.9 Å². The van der Waals surface area contributed by atoms with Crippen molar-refractivity contribution in [2.75, 3.05) is 26.2 Å². The summed E-state index contributed by atoms with van der Waals surface area (Å²) in [6, 6.07) is 14.4. The summed E-state index contributed by atoms with van der Waals surface area (Å²) in [6.07, 6.45) is 10.6. The summed E-state index contributed by atoms with van der Waals surface area (Å²) in [5, 5.41) is 2.33. The van der Waals surface area contributed by atoms with Crippen molar-refractivity contribution in [1.29, 1.82) is 0 Å². The number of furan rings is 1. The van der Waals surface area contributed by atoms with Gasteiger partial charge in [0.15, 0.2) is 0 Å². The second-order valence-corrected chi connectivity index (χ2v) is 7.77. The Labute approximate surface area is 162 Å². The zero-order valence-electron chi connectivity index (χ0n) is 16.3. The van der Waals surface area contributed by atoms with Crippen molar-refractivity contribution in [1.82, 2.24) is 4.90 Å². The summed E-state index contributed by atoms with van der Waals surface area (Å²) in [4.78, 5) is 2.64. The lowest BCUT2D eigenvalue weighted by molar-refractivity contribution is 0.223. The first kappa shape index (κ1) is 18.4. The molecule has 0 radical (unpaired) electrons. The van der Waals surface area contributed by atoms with Crippen LogP contribution in [0.2, 0.25) is 0 Å². The molecule has 2 heterocycles. The molecule has 1 fully saturated rings. The van der Waals surface area contributed by atoms with Crippen LogP contribution in [0.1, 0.15) is 51.4 Å². The quantitative estimate of drug-likeness (QED) is 0.410. The molecule has 1 aliphatic heterocycles. The predicted octanol–water partition coefficient (Wildman–Crippen LogP) is 6.40. The summed E-state index contributed by atoms with van der Waals surface area (Å²) in [6.45, 7) is 4.73. The molecular weight excluding hydrogens is 334 g/mol. The zero-order valence-corrected chi connectivity index (χ0v) is 16.3. The molecule has 0 bridgehead atoms. The Hall–Kier alpha value is -2.00. The third-order valence-corrected chi connectivity index (χ3v) is 5.69. The van der Waals surface area contributed by atoms with Crippen molar-refractivity contribution in [2.24, 2.45) is 0 Å². The van der Waals surface area contributed by atoms with Gasteiger partial charge in [0.05, 0.1) is 6.61 Å². The highest BCUT2D eigenvalue weighted by atomic mass is 16.5. The van der Waals surface area contributed by atoms with Crippen LogP contribution < -0.4 is 4.74 Å². The van der Waals surface area contributed by atoms with Gasteiger partial charge in [-0.15, -0.1) is 0 Å². The Morgan fingerprint density at radius 1 is 0.778 bits per heavy atom. The Balaban J connectivity index is 1.14. The maximum Gasteiger partial charge on any atom is 0.139 e. The van der Waals surface area contributed by atoms with Gasteiger partial charge in [0.2, 0.25) is 0 Å². The van der Waals surface area contributed by atoms with Crippen LogP contribution in [0.25, 0.3) is 21.9 Å². The Bertz CT molecular complexity index is 848. The minimum absolute atomic E-state index is 0.790. The molecule has 0 atom stereocenters. The lowest BCUT2D eigenvalue weighted by Gasteiger charge is -2.26. The maximum absolute atomic E-state index is 5.94. The van der Waals surface area contributed by atoms with Gasteiger partial charge in [-0.1, -0.05) is 43.9 Å². The van der Waals surface area contributed by atoms with Crippen LogP contribution in [0.3, 0.4) is 0 Å². The first-order chi connectivity index (χ1) is 13.4. The summed E-state index contributed by atoms with van der Waals surface area (Å²) in [7, 11) is 0. The fourth-order valence-corrected chi connectivity index (χ4v) is 4.14. The number of likely N-dealkylation sites (tertiary alicyclic amines) is 1. The predicted molar refractivity (Wildman–Crippen MR) is 113 cm³/mol. The first-order valence-electron chi connectivity index (χ1n) is 10.7. The smallest absolute Gasteiger partial charge is 0.139 e. The number of unbranched alkanes of at least 4 members (excludes halogenated alkanes) is 4. The molecule has 1 aromatic heterocycles. The van der Waals surface area contributed by atoms with Gasteiger partial charge >= 0.3 is 0 Å². The van der Waals surface area contributed by atoms with E-state index < -0.39 is 0 Å². The van der Waals surface area contributed by atoms with Gasteiger partial charge in [-0.25, -0.2) is 0 Å². The topological polar surface area (TPSA) is 25.6 Å². The second kappa shape index (κ2) is 9.27. The molecule has 0 amide bonds. The Morgan fingerprint density at radius 3 is 2.48 bits per heavy atom. The molecule has 0 aliphatic carbocycles. The van der Waals surface area contributed by atoms with Gasteiger partial charge in [-0.3, -0.25) is 0 Å². The molecular formula is C24H31NO2. The van der Waals surface area contributed by atoms with E-state index in [4.69, 9.17) is 9.15 Å². The Morgan fingerprint density at radius 2 is 1.56 bits per heavy atom. The summed E-state index contributed by atoms with van der Waals surface area (Å²) in [5.41, 5.74) is 1.85. The highest BCUT2D eigenvalue weighted by molar-refractivity contribution is 6.05. The minimum atomic E-state index is 0.790. The molecule has 0 unspecified atom stereocenters. The molecule has 3 aromatic rings. The molecule has 0 N–H and O–H groups in total. The fraction of sp³-hybridized carbons (Fsp3) is 0.500. The first-order valence-corrected chi connectivity index (χ1v) is 10.7. The standard InChI is InChI=1S/C24H31NO2/c1(2-7-15-25-16-8-4-9-17-25)3-10-18-26-20-13-14-22-21-11-5-6-12-23(21)27-24(22)19-20/h5-6,11-14,19H,1-4,7-10,15-18H2.